The van der Waals surface area contributed by atoms with Crippen molar-refractivity contribution in [2.45, 2.75) is 0 Å². The fourth-order valence-electron chi connectivity index (χ4n) is 3.64. The van der Waals surface area contributed by atoms with Gasteiger partial charge in [-0.1, -0.05) is 18.2 Å². The third kappa shape index (κ3) is 1.60. The summed E-state index contributed by atoms with van der Waals surface area (Å²) >= 11 is 0. The molecule has 0 bridgehead atoms. The van der Waals surface area contributed by atoms with Crippen LogP contribution in [0.1, 0.15) is 10.4 Å². The molecule has 3 aromatic carbocycles. The molecule has 0 saturated carbocycles. The van der Waals surface area contributed by atoms with Crippen molar-refractivity contribution < 1.29 is 9.53 Å². The van der Waals surface area contributed by atoms with Crippen molar-refractivity contribution >= 4 is 49.9 Å². The Kier molecular flexibility index (Phi) is 2.54. The first-order valence-corrected chi connectivity index (χ1v) is 7.78. The molecule has 5 aromatic rings. The van der Waals surface area contributed by atoms with Gasteiger partial charge in [0.2, 0.25) is 0 Å². The lowest BCUT2D eigenvalue weighted by Crippen LogP contribution is -1.85. The van der Waals surface area contributed by atoms with E-state index < -0.39 is 0 Å². The van der Waals surface area contributed by atoms with Gasteiger partial charge in [-0.25, -0.2) is 0 Å². The molecule has 0 spiro atoms. The van der Waals surface area contributed by atoms with Gasteiger partial charge < -0.3 is 14.7 Å². The van der Waals surface area contributed by atoms with Gasteiger partial charge in [0.25, 0.3) is 0 Å². The maximum Gasteiger partial charge on any atom is 0.152 e. The van der Waals surface area contributed by atoms with E-state index in [-0.39, 0.29) is 0 Å². The molecule has 0 fully saturated rings. The molecule has 0 aliphatic heterocycles. The summed E-state index contributed by atoms with van der Waals surface area (Å²) in [7, 11) is 1.65. The zero-order valence-electron chi connectivity index (χ0n) is 13.0. The fourth-order valence-corrected chi connectivity index (χ4v) is 3.64. The Morgan fingerprint density at radius 2 is 1.75 bits per heavy atom. The fraction of sp³-hybridized carbons (Fsp3) is 0.0500. The number of aldehydes is 1. The van der Waals surface area contributed by atoms with Crippen LogP contribution in [0.3, 0.4) is 0 Å². The van der Waals surface area contributed by atoms with Crippen molar-refractivity contribution in [3.63, 3.8) is 0 Å². The number of hydrogen-bond donors (Lipinski definition) is 2. The normalized spacial score (nSPS) is 11.7. The van der Waals surface area contributed by atoms with E-state index in [1.54, 1.807) is 7.11 Å². The molecule has 24 heavy (non-hydrogen) atoms. The van der Waals surface area contributed by atoms with Crippen molar-refractivity contribution in [3.05, 3.63) is 54.1 Å². The molecule has 2 heterocycles. The van der Waals surface area contributed by atoms with E-state index in [1.807, 2.05) is 42.5 Å². The highest BCUT2D eigenvalue weighted by molar-refractivity contribution is 6.24. The lowest BCUT2D eigenvalue weighted by molar-refractivity contribution is 0.112. The topological polar surface area (TPSA) is 57.9 Å². The molecule has 0 unspecified atom stereocenters. The highest BCUT2D eigenvalue weighted by atomic mass is 16.5. The predicted octanol–water partition coefficient (Wildman–Crippen LogP) is 4.78. The summed E-state index contributed by atoms with van der Waals surface area (Å²) in [6, 6.07) is 16.1. The Bertz CT molecular complexity index is 1260. The summed E-state index contributed by atoms with van der Waals surface area (Å²) in [5.74, 6) is 0.790. The second-order valence-corrected chi connectivity index (χ2v) is 5.96. The molecular formula is C20H14N2O2. The number of para-hydroxylation sites is 1. The van der Waals surface area contributed by atoms with Gasteiger partial charge in [0.15, 0.2) is 6.29 Å². The third-order valence-corrected chi connectivity index (χ3v) is 4.73. The number of rotatable bonds is 2. The zero-order chi connectivity index (χ0) is 16.3. The number of hydrogen-bond acceptors (Lipinski definition) is 2. The Morgan fingerprint density at radius 3 is 2.58 bits per heavy atom. The van der Waals surface area contributed by atoms with Crippen molar-refractivity contribution in [1.29, 1.82) is 0 Å². The maximum atomic E-state index is 11.9. The van der Waals surface area contributed by atoms with Crippen LogP contribution < -0.4 is 4.74 Å². The first-order chi connectivity index (χ1) is 11.8. The van der Waals surface area contributed by atoms with E-state index in [0.29, 0.717) is 5.56 Å². The van der Waals surface area contributed by atoms with Crippen LogP contribution in [0.2, 0.25) is 0 Å². The molecule has 4 heteroatoms. The number of methoxy groups -OCH3 is 1. The van der Waals surface area contributed by atoms with E-state index >= 15 is 0 Å². The molecular weight excluding hydrogens is 300 g/mol. The van der Waals surface area contributed by atoms with E-state index in [4.69, 9.17) is 4.74 Å². The number of aromatic amines is 2. The van der Waals surface area contributed by atoms with Crippen LogP contribution in [-0.4, -0.2) is 23.4 Å². The van der Waals surface area contributed by atoms with Crippen LogP contribution in [0.4, 0.5) is 0 Å². The van der Waals surface area contributed by atoms with Crippen LogP contribution in [-0.2, 0) is 0 Å². The first kappa shape index (κ1) is 13.2. The van der Waals surface area contributed by atoms with Gasteiger partial charge in [-0.15, -0.1) is 0 Å². The number of H-pyrrole nitrogens is 2. The molecule has 2 N–H and O–H groups in total. The number of carbonyl (C=O) groups is 1. The monoisotopic (exact) mass is 314 g/mol. The predicted molar refractivity (Wildman–Crippen MR) is 97.1 cm³/mol. The van der Waals surface area contributed by atoms with Crippen LogP contribution in [0.25, 0.3) is 43.6 Å². The van der Waals surface area contributed by atoms with Gasteiger partial charge in [-0.05, 0) is 24.3 Å². The minimum atomic E-state index is 0.690. The van der Waals surface area contributed by atoms with Gasteiger partial charge in [0.05, 0.1) is 18.1 Å². The number of fused-ring (bicyclic) bond motifs is 6. The summed E-state index contributed by atoms with van der Waals surface area (Å²) in [4.78, 5) is 18.7. The van der Waals surface area contributed by atoms with Crippen molar-refractivity contribution in [2.24, 2.45) is 0 Å². The highest BCUT2D eigenvalue weighted by Crippen LogP contribution is 2.36. The molecule has 0 aliphatic rings. The van der Waals surface area contributed by atoms with E-state index in [0.717, 1.165) is 55.6 Å². The quantitative estimate of drug-likeness (QED) is 0.461. The van der Waals surface area contributed by atoms with Gasteiger partial charge in [0, 0.05) is 44.2 Å². The third-order valence-electron chi connectivity index (χ3n) is 4.73. The largest absolute Gasteiger partial charge is 0.497 e. The standard InChI is InChI=1S/C20H14N2O2/c1-24-11-6-7-12-14-9-18-19(13-4-2-3-5-16(13)21-18)15(10-23)20(14)22-17(12)8-11/h2-10,21-22H,1H3. The molecule has 0 atom stereocenters. The van der Waals surface area contributed by atoms with Crippen LogP contribution >= 0.6 is 0 Å². The summed E-state index contributed by atoms with van der Waals surface area (Å²) in [5.41, 5.74) is 4.53. The summed E-state index contributed by atoms with van der Waals surface area (Å²) < 4.78 is 5.30. The van der Waals surface area contributed by atoms with Crippen molar-refractivity contribution in [1.82, 2.24) is 9.97 Å². The van der Waals surface area contributed by atoms with E-state index in [9.17, 15) is 4.79 Å². The van der Waals surface area contributed by atoms with E-state index in [2.05, 4.69) is 16.0 Å². The molecule has 5 rings (SSSR count). The number of carbonyl (C=O) groups excluding carboxylic acids is 1. The van der Waals surface area contributed by atoms with Gasteiger partial charge >= 0.3 is 0 Å². The van der Waals surface area contributed by atoms with E-state index in [1.165, 1.54) is 0 Å². The summed E-state index contributed by atoms with van der Waals surface area (Å²) in [6.07, 6.45) is 0.942. The molecule has 116 valence electrons. The second-order valence-electron chi connectivity index (χ2n) is 5.96. The first-order valence-electron chi connectivity index (χ1n) is 7.78. The van der Waals surface area contributed by atoms with Crippen molar-refractivity contribution in [2.75, 3.05) is 7.11 Å². The Morgan fingerprint density at radius 1 is 0.875 bits per heavy atom. The summed E-state index contributed by atoms with van der Waals surface area (Å²) in [6.45, 7) is 0. The van der Waals surface area contributed by atoms with Gasteiger partial charge in [-0.3, -0.25) is 4.79 Å². The average molecular weight is 314 g/mol. The Labute approximate surface area is 137 Å². The number of nitrogens with one attached hydrogen (secondary N) is 2. The van der Waals surface area contributed by atoms with Crippen LogP contribution in [0, 0.1) is 0 Å². The minimum absolute atomic E-state index is 0.690. The number of aromatic nitrogens is 2. The van der Waals surface area contributed by atoms with Crippen molar-refractivity contribution in [3.8, 4) is 5.75 Å². The minimum Gasteiger partial charge on any atom is -0.497 e. The zero-order valence-corrected chi connectivity index (χ0v) is 13.0. The maximum absolute atomic E-state index is 11.9. The average Bonchev–Trinajstić information content (AvgIpc) is 3.17. The molecule has 0 radical (unpaired) electrons. The summed E-state index contributed by atoms with van der Waals surface area (Å²) in [5, 5.41) is 4.14. The van der Waals surface area contributed by atoms with Gasteiger partial charge in [0.1, 0.15) is 5.75 Å². The molecule has 4 nitrogen and oxygen atoms in total. The lowest BCUT2D eigenvalue weighted by Gasteiger charge is -2.00. The number of ether oxygens (including phenoxy) is 1. The SMILES string of the molecule is COc1ccc2c(c1)[nH]c1c(C=O)c3c(cc12)[nH]c1ccccc13. The Hall–Kier alpha value is -3.27. The van der Waals surface area contributed by atoms with Crippen LogP contribution in [0.5, 0.6) is 5.75 Å². The lowest BCUT2D eigenvalue weighted by atomic mass is 10.0. The second kappa shape index (κ2) is 4.61. The molecule has 0 aliphatic carbocycles. The molecule has 2 aromatic heterocycles. The smallest absolute Gasteiger partial charge is 0.152 e. The highest BCUT2D eigenvalue weighted by Gasteiger charge is 2.16. The Balaban J connectivity index is 2.02. The van der Waals surface area contributed by atoms with Gasteiger partial charge in [-0.2, -0.15) is 0 Å². The molecule has 0 saturated heterocycles. The number of benzene rings is 3. The van der Waals surface area contributed by atoms with Crippen LogP contribution in [0.15, 0.2) is 48.5 Å². The molecule has 0 amide bonds.